The third-order valence-electron chi connectivity index (χ3n) is 5.82. The van der Waals surface area contributed by atoms with Crippen LogP contribution in [0.1, 0.15) is 85.0 Å². The Morgan fingerprint density at radius 3 is 2.41 bits per heavy atom. The van der Waals surface area contributed by atoms with Crippen LogP contribution in [0, 0.1) is 17.3 Å². The first-order chi connectivity index (χ1) is 10.7. The fraction of sp³-hybridized carbons (Fsp3) is 0.727. The van der Waals surface area contributed by atoms with Gasteiger partial charge in [0, 0.05) is 0 Å². The zero-order valence-corrected chi connectivity index (χ0v) is 15.1. The highest BCUT2D eigenvalue weighted by Gasteiger charge is 2.39. The average Bonchev–Trinajstić information content (AvgIpc) is 2.77. The van der Waals surface area contributed by atoms with Crippen molar-refractivity contribution in [2.45, 2.75) is 85.0 Å². The van der Waals surface area contributed by atoms with Crippen molar-refractivity contribution < 1.29 is 0 Å². The molecule has 124 valence electrons. The molecule has 0 nitrogen and oxygen atoms in total. The highest BCUT2D eigenvalue weighted by Crippen LogP contribution is 2.51. The molecule has 0 aromatic heterocycles. The summed E-state index contributed by atoms with van der Waals surface area (Å²) in [6.07, 6.45) is 25.3. The predicted octanol–water partition coefficient (Wildman–Crippen LogP) is 7.23. The van der Waals surface area contributed by atoms with Crippen molar-refractivity contribution in [2.24, 2.45) is 17.3 Å². The van der Waals surface area contributed by atoms with Gasteiger partial charge in [-0.25, -0.2) is 0 Å². The second kappa shape index (κ2) is 8.75. The number of allylic oxidation sites excluding steroid dienone is 6. The maximum Gasteiger partial charge on any atom is -0.0130 e. The molecule has 22 heavy (non-hydrogen) atoms. The maximum absolute atomic E-state index is 2.42. The highest BCUT2D eigenvalue weighted by atomic mass is 14.4. The molecule has 1 saturated carbocycles. The van der Waals surface area contributed by atoms with Crippen LogP contribution in [0.5, 0.6) is 0 Å². The molecule has 2 aliphatic rings. The summed E-state index contributed by atoms with van der Waals surface area (Å²) in [6.45, 7) is 7.12. The molecule has 0 radical (unpaired) electrons. The lowest BCUT2D eigenvalue weighted by atomic mass is 9.59. The molecule has 1 fully saturated rings. The Kier molecular flexibility index (Phi) is 6.99. The Morgan fingerprint density at radius 1 is 0.955 bits per heavy atom. The molecular formula is C22H36. The topological polar surface area (TPSA) is 0 Å². The maximum atomic E-state index is 2.42. The zero-order chi connectivity index (χ0) is 15.8. The van der Waals surface area contributed by atoms with Crippen LogP contribution < -0.4 is 0 Å². The van der Waals surface area contributed by atoms with E-state index in [1.54, 1.807) is 5.57 Å². The average molecular weight is 301 g/mol. The lowest BCUT2D eigenvalue weighted by Crippen LogP contribution is -2.34. The van der Waals surface area contributed by atoms with Crippen LogP contribution in [-0.4, -0.2) is 0 Å². The van der Waals surface area contributed by atoms with E-state index in [1.807, 2.05) is 0 Å². The first-order valence-electron chi connectivity index (χ1n) is 9.75. The minimum atomic E-state index is 0.632. The summed E-state index contributed by atoms with van der Waals surface area (Å²) in [6, 6.07) is 0. The molecule has 0 aromatic rings. The van der Waals surface area contributed by atoms with Gasteiger partial charge in [0.25, 0.3) is 0 Å². The van der Waals surface area contributed by atoms with E-state index in [2.05, 4.69) is 51.2 Å². The van der Waals surface area contributed by atoms with Gasteiger partial charge in [0.2, 0.25) is 0 Å². The van der Waals surface area contributed by atoms with Gasteiger partial charge in [-0.1, -0.05) is 82.4 Å². The molecular weight excluding hydrogens is 264 g/mol. The van der Waals surface area contributed by atoms with Crippen LogP contribution in [0.25, 0.3) is 0 Å². The fourth-order valence-electron chi connectivity index (χ4n) is 5.19. The van der Waals surface area contributed by atoms with Crippen molar-refractivity contribution in [2.75, 3.05) is 0 Å². The first-order valence-corrected chi connectivity index (χ1v) is 9.75. The molecule has 0 amide bonds. The molecule has 2 rings (SSSR count). The fourth-order valence-corrected chi connectivity index (χ4v) is 5.19. The zero-order valence-electron chi connectivity index (χ0n) is 15.1. The quantitative estimate of drug-likeness (QED) is 0.465. The molecule has 0 aliphatic heterocycles. The summed E-state index contributed by atoms with van der Waals surface area (Å²) in [5.41, 5.74) is 2.33. The molecule has 0 heterocycles. The summed E-state index contributed by atoms with van der Waals surface area (Å²) in [5, 5.41) is 0. The second-order valence-corrected chi connectivity index (χ2v) is 7.75. The SMILES string of the molecule is CCCC1CC(C2=CC=CC=CC2)CC(CCC)(CCC)C1. The standard InChI is InChI=1S/C22H36/c1-4-11-19-16-21(20-12-9-7-8-10-13-20)18-22(17-19,14-5-2)15-6-3/h7-10,12,19,21H,4-6,11,13-18H2,1-3H3. The monoisotopic (exact) mass is 300 g/mol. The van der Waals surface area contributed by atoms with Crippen LogP contribution in [0.15, 0.2) is 36.0 Å². The molecule has 0 N–H and O–H groups in total. The summed E-state index contributed by atoms with van der Waals surface area (Å²) in [4.78, 5) is 0. The normalized spacial score (nSPS) is 27.5. The second-order valence-electron chi connectivity index (χ2n) is 7.75. The molecule has 0 saturated heterocycles. The van der Waals surface area contributed by atoms with E-state index in [-0.39, 0.29) is 0 Å². The van der Waals surface area contributed by atoms with Crippen LogP contribution in [0.3, 0.4) is 0 Å². The third kappa shape index (κ3) is 4.61. The first kappa shape index (κ1) is 17.6. The minimum absolute atomic E-state index is 0.632. The molecule has 0 bridgehead atoms. The van der Waals surface area contributed by atoms with Crippen molar-refractivity contribution in [3.63, 3.8) is 0 Å². The van der Waals surface area contributed by atoms with Gasteiger partial charge in [-0.3, -0.25) is 0 Å². The Balaban J connectivity index is 2.19. The van der Waals surface area contributed by atoms with Gasteiger partial charge in [-0.2, -0.15) is 0 Å². The Labute approximate surface area is 138 Å². The molecule has 2 atom stereocenters. The van der Waals surface area contributed by atoms with Gasteiger partial charge in [0.05, 0.1) is 0 Å². The molecule has 0 heteroatoms. The van der Waals surface area contributed by atoms with E-state index in [0.29, 0.717) is 5.41 Å². The van der Waals surface area contributed by atoms with Gasteiger partial charge in [0.15, 0.2) is 0 Å². The van der Waals surface area contributed by atoms with E-state index < -0.39 is 0 Å². The van der Waals surface area contributed by atoms with Crippen molar-refractivity contribution in [1.82, 2.24) is 0 Å². The van der Waals surface area contributed by atoms with Crippen molar-refractivity contribution in [3.05, 3.63) is 36.0 Å². The van der Waals surface area contributed by atoms with Crippen molar-refractivity contribution in [3.8, 4) is 0 Å². The highest BCUT2D eigenvalue weighted by molar-refractivity contribution is 5.25. The van der Waals surface area contributed by atoms with E-state index in [0.717, 1.165) is 11.8 Å². The van der Waals surface area contributed by atoms with Crippen LogP contribution in [-0.2, 0) is 0 Å². The van der Waals surface area contributed by atoms with Crippen LogP contribution in [0.4, 0.5) is 0 Å². The summed E-state index contributed by atoms with van der Waals surface area (Å²) in [7, 11) is 0. The van der Waals surface area contributed by atoms with Gasteiger partial charge in [0.1, 0.15) is 0 Å². The number of rotatable bonds is 7. The van der Waals surface area contributed by atoms with E-state index in [4.69, 9.17) is 0 Å². The summed E-state index contributed by atoms with van der Waals surface area (Å²) in [5.74, 6) is 1.79. The number of hydrogen-bond acceptors (Lipinski definition) is 0. The van der Waals surface area contributed by atoms with Crippen LogP contribution >= 0.6 is 0 Å². The van der Waals surface area contributed by atoms with Crippen molar-refractivity contribution in [1.29, 1.82) is 0 Å². The summed E-state index contributed by atoms with van der Waals surface area (Å²) < 4.78 is 0. The smallest absolute Gasteiger partial charge is 0.0130 e. The van der Waals surface area contributed by atoms with Gasteiger partial charge in [-0.15, -0.1) is 0 Å². The lowest BCUT2D eigenvalue weighted by molar-refractivity contribution is 0.0768. The molecule has 0 aromatic carbocycles. The van der Waals surface area contributed by atoms with E-state index in [1.165, 1.54) is 64.2 Å². The van der Waals surface area contributed by atoms with E-state index >= 15 is 0 Å². The molecule has 0 spiro atoms. The van der Waals surface area contributed by atoms with Gasteiger partial charge in [-0.05, 0) is 55.8 Å². The molecule has 2 aliphatic carbocycles. The van der Waals surface area contributed by atoms with Gasteiger partial charge >= 0.3 is 0 Å². The van der Waals surface area contributed by atoms with Crippen molar-refractivity contribution >= 4 is 0 Å². The summed E-state index contributed by atoms with van der Waals surface area (Å²) >= 11 is 0. The minimum Gasteiger partial charge on any atom is -0.0805 e. The number of hydrogen-bond donors (Lipinski definition) is 0. The van der Waals surface area contributed by atoms with Crippen LogP contribution in [0.2, 0.25) is 0 Å². The largest absolute Gasteiger partial charge is 0.0805 e. The lowest BCUT2D eigenvalue weighted by Gasteiger charge is -2.46. The Hall–Kier alpha value is -0.780. The van der Waals surface area contributed by atoms with E-state index in [9.17, 15) is 0 Å². The predicted molar refractivity (Wildman–Crippen MR) is 99.0 cm³/mol. The molecule has 2 unspecified atom stereocenters. The Morgan fingerprint density at radius 2 is 1.73 bits per heavy atom. The third-order valence-corrected chi connectivity index (χ3v) is 5.82. The Bertz CT molecular complexity index is 404. The van der Waals surface area contributed by atoms with Gasteiger partial charge < -0.3 is 0 Å².